The summed E-state index contributed by atoms with van der Waals surface area (Å²) in [6.07, 6.45) is 1.93. The summed E-state index contributed by atoms with van der Waals surface area (Å²) in [5.41, 5.74) is 0. The summed E-state index contributed by atoms with van der Waals surface area (Å²) in [5.74, 6) is 0. The Morgan fingerprint density at radius 2 is 2.09 bits per heavy atom. The highest BCUT2D eigenvalue weighted by Gasteiger charge is 2.04. The molecule has 0 fully saturated rings. The summed E-state index contributed by atoms with van der Waals surface area (Å²) in [6.45, 7) is 3.62. The van der Waals surface area contributed by atoms with Crippen molar-refractivity contribution in [3.05, 3.63) is 0 Å². The number of rotatable bonds is 7. The van der Waals surface area contributed by atoms with Crippen LogP contribution in [-0.2, 0) is 0 Å². The van der Waals surface area contributed by atoms with E-state index in [1.165, 1.54) is 0 Å². The monoisotopic (exact) mass is 162 g/mol. The summed E-state index contributed by atoms with van der Waals surface area (Å²) >= 11 is 0. The minimum atomic E-state index is -0.262. The molecular weight excluding hydrogens is 143 g/mol. The lowest BCUT2D eigenvalue weighted by molar-refractivity contribution is 0.357. The SMILES string of the molecule is CCCNC(CF)CCNC. The normalized spacial score (nSPS) is 13.4. The molecule has 3 heteroatoms. The Morgan fingerprint density at radius 1 is 1.36 bits per heavy atom. The smallest absolute Gasteiger partial charge is 0.105 e. The zero-order valence-corrected chi connectivity index (χ0v) is 7.49. The lowest BCUT2D eigenvalue weighted by Gasteiger charge is -2.13. The van der Waals surface area contributed by atoms with Crippen LogP contribution < -0.4 is 10.6 Å². The van der Waals surface area contributed by atoms with Crippen LogP contribution in [0.2, 0.25) is 0 Å². The Bertz CT molecular complexity index is 70.5. The van der Waals surface area contributed by atoms with Crippen LogP contribution in [0.1, 0.15) is 19.8 Å². The van der Waals surface area contributed by atoms with Crippen molar-refractivity contribution in [3.63, 3.8) is 0 Å². The number of hydrogen-bond donors (Lipinski definition) is 2. The second-order valence-electron chi connectivity index (χ2n) is 2.70. The van der Waals surface area contributed by atoms with Crippen molar-refractivity contribution in [3.8, 4) is 0 Å². The first-order chi connectivity index (χ1) is 5.35. The van der Waals surface area contributed by atoms with Crippen molar-refractivity contribution in [2.24, 2.45) is 0 Å². The van der Waals surface area contributed by atoms with Crippen molar-refractivity contribution in [1.82, 2.24) is 10.6 Å². The fraction of sp³-hybridized carbons (Fsp3) is 1.00. The second-order valence-corrected chi connectivity index (χ2v) is 2.70. The van der Waals surface area contributed by atoms with Crippen LogP contribution in [0.5, 0.6) is 0 Å². The largest absolute Gasteiger partial charge is 0.320 e. The lowest BCUT2D eigenvalue weighted by atomic mass is 10.2. The van der Waals surface area contributed by atoms with Gasteiger partial charge in [-0.1, -0.05) is 6.92 Å². The van der Waals surface area contributed by atoms with Gasteiger partial charge in [-0.05, 0) is 33.0 Å². The third kappa shape index (κ3) is 6.26. The molecule has 0 heterocycles. The van der Waals surface area contributed by atoms with Crippen LogP contribution in [0.15, 0.2) is 0 Å². The summed E-state index contributed by atoms with van der Waals surface area (Å²) in [5, 5.41) is 6.14. The first-order valence-electron chi connectivity index (χ1n) is 4.29. The average molecular weight is 162 g/mol. The zero-order chi connectivity index (χ0) is 8.53. The number of hydrogen-bond acceptors (Lipinski definition) is 2. The van der Waals surface area contributed by atoms with Gasteiger partial charge in [0.1, 0.15) is 6.67 Å². The molecule has 68 valence electrons. The molecule has 2 N–H and O–H groups in total. The minimum Gasteiger partial charge on any atom is -0.320 e. The molecule has 0 saturated carbocycles. The number of alkyl halides is 1. The van der Waals surface area contributed by atoms with E-state index in [1.54, 1.807) is 0 Å². The Kier molecular flexibility index (Phi) is 7.84. The molecule has 1 unspecified atom stereocenters. The maximum Gasteiger partial charge on any atom is 0.105 e. The summed E-state index contributed by atoms with van der Waals surface area (Å²) in [4.78, 5) is 0. The van der Waals surface area contributed by atoms with Gasteiger partial charge in [0.25, 0.3) is 0 Å². The van der Waals surface area contributed by atoms with Gasteiger partial charge in [0.2, 0.25) is 0 Å². The zero-order valence-electron chi connectivity index (χ0n) is 7.49. The van der Waals surface area contributed by atoms with Crippen LogP contribution in [-0.4, -0.2) is 32.9 Å². The third-order valence-corrected chi connectivity index (χ3v) is 1.61. The predicted octanol–water partition coefficient (Wildman–Crippen LogP) is 0.934. The molecule has 0 rings (SSSR count). The molecule has 0 bridgehead atoms. The Hall–Kier alpha value is -0.150. The summed E-state index contributed by atoms with van der Waals surface area (Å²) < 4.78 is 12.2. The van der Waals surface area contributed by atoms with E-state index in [2.05, 4.69) is 17.6 Å². The highest BCUT2D eigenvalue weighted by Crippen LogP contribution is 1.91. The first-order valence-corrected chi connectivity index (χ1v) is 4.29. The summed E-state index contributed by atoms with van der Waals surface area (Å²) in [7, 11) is 1.88. The molecular formula is C8H19FN2. The molecule has 2 nitrogen and oxygen atoms in total. The van der Waals surface area contributed by atoms with Crippen LogP contribution in [0.25, 0.3) is 0 Å². The van der Waals surface area contributed by atoms with Gasteiger partial charge in [-0.2, -0.15) is 0 Å². The number of halogens is 1. The molecule has 11 heavy (non-hydrogen) atoms. The van der Waals surface area contributed by atoms with Gasteiger partial charge >= 0.3 is 0 Å². The van der Waals surface area contributed by atoms with Gasteiger partial charge in [0.15, 0.2) is 0 Å². The Labute approximate surface area is 68.6 Å². The highest BCUT2D eigenvalue weighted by atomic mass is 19.1. The van der Waals surface area contributed by atoms with Gasteiger partial charge < -0.3 is 10.6 Å². The van der Waals surface area contributed by atoms with E-state index in [-0.39, 0.29) is 12.7 Å². The molecule has 0 spiro atoms. The van der Waals surface area contributed by atoms with Crippen molar-refractivity contribution in [2.45, 2.75) is 25.8 Å². The van der Waals surface area contributed by atoms with E-state index < -0.39 is 0 Å². The molecule has 1 atom stereocenters. The quantitative estimate of drug-likeness (QED) is 0.582. The van der Waals surface area contributed by atoms with Crippen molar-refractivity contribution < 1.29 is 4.39 Å². The molecule has 0 aliphatic rings. The maximum atomic E-state index is 12.2. The van der Waals surface area contributed by atoms with Gasteiger partial charge in [-0.15, -0.1) is 0 Å². The standard InChI is InChI=1S/C8H19FN2/c1-3-5-11-8(7-9)4-6-10-2/h8,10-11H,3-7H2,1-2H3. The molecule has 0 aliphatic heterocycles. The van der Waals surface area contributed by atoms with E-state index in [1.807, 2.05) is 7.05 Å². The molecule has 0 aromatic heterocycles. The van der Waals surface area contributed by atoms with Gasteiger partial charge in [0, 0.05) is 6.04 Å². The van der Waals surface area contributed by atoms with Crippen molar-refractivity contribution in [1.29, 1.82) is 0 Å². The molecule has 0 aromatic carbocycles. The third-order valence-electron chi connectivity index (χ3n) is 1.61. The lowest BCUT2D eigenvalue weighted by Crippen LogP contribution is -2.34. The predicted molar refractivity (Wildman–Crippen MR) is 46.6 cm³/mol. The first kappa shape index (κ1) is 10.8. The van der Waals surface area contributed by atoms with Gasteiger partial charge in [-0.3, -0.25) is 0 Å². The van der Waals surface area contributed by atoms with Crippen LogP contribution in [0, 0.1) is 0 Å². The van der Waals surface area contributed by atoms with Gasteiger partial charge in [-0.25, -0.2) is 4.39 Å². The maximum absolute atomic E-state index is 12.2. The molecule has 0 aliphatic carbocycles. The molecule has 0 aromatic rings. The highest BCUT2D eigenvalue weighted by molar-refractivity contribution is 4.65. The number of nitrogens with one attached hydrogen (secondary N) is 2. The second kappa shape index (κ2) is 7.95. The average Bonchev–Trinajstić information content (AvgIpc) is 2.05. The Morgan fingerprint density at radius 3 is 2.55 bits per heavy atom. The summed E-state index contributed by atoms with van der Waals surface area (Å²) in [6, 6.07) is 0.0439. The van der Waals surface area contributed by atoms with Crippen LogP contribution >= 0.6 is 0 Å². The van der Waals surface area contributed by atoms with Crippen molar-refractivity contribution in [2.75, 3.05) is 26.8 Å². The van der Waals surface area contributed by atoms with Gasteiger partial charge in [0.05, 0.1) is 0 Å². The minimum absolute atomic E-state index is 0.0439. The van der Waals surface area contributed by atoms with E-state index >= 15 is 0 Å². The van der Waals surface area contributed by atoms with E-state index in [0.29, 0.717) is 0 Å². The molecule has 0 radical (unpaired) electrons. The van der Waals surface area contributed by atoms with E-state index in [9.17, 15) is 4.39 Å². The van der Waals surface area contributed by atoms with E-state index in [0.717, 1.165) is 25.9 Å². The fourth-order valence-corrected chi connectivity index (χ4v) is 0.901. The Balaban J connectivity index is 3.25. The molecule has 0 saturated heterocycles. The van der Waals surface area contributed by atoms with Crippen molar-refractivity contribution >= 4 is 0 Å². The van der Waals surface area contributed by atoms with Crippen LogP contribution in [0.3, 0.4) is 0 Å². The fourth-order valence-electron chi connectivity index (χ4n) is 0.901. The molecule has 0 amide bonds. The van der Waals surface area contributed by atoms with Crippen LogP contribution in [0.4, 0.5) is 4.39 Å². The topological polar surface area (TPSA) is 24.1 Å². The van der Waals surface area contributed by atoms with E-state index in [4.69, 9.17) is 0 Å².